The van der Waals surface area contributed by atoms with Crippen LogP contribution in [0.2, 0.25) is 0 Å². The van der Waals surface area contributed by atoms with Crippen LogP contribution in [0.1, 0.15) is 61.7 Å². The van der Waals surface area contributed by atoms with E-state index in [1.165, 1.54) is 37.5 Å². The molecule has 3 fully saturated rings. The Balaban J connectivity index is 1.38. The quantitative estimate of drug-likeness (QED) is 0.445. The number of carbonyl (C=O) groups excluding carboxylic acids is 2. The summed E-state index contributed by atoms with van der Waals surface area (Å²) in [6.45, 7) is 0.391. The number of anilines is 1. The van der Waals surface area contributed by atoms with Gasteiger partial charge in [-0.25, -0.2) is 4.79 Å². The highest BCUT2D eigenvalue weighted by Crippen LogP contribution is 2.35. The van der Waals surface area contributed by atoms with Crippen molar-refractivity contribution in [3.8, 4) is 0 Å². The summed E-state index contributed by atoms with van der Waals surface area (Å²) >= 11 is 0. The topological polar surface area (TPSA) is 102 Å². The van der Waals surface area contributed by atoms with E-state index in [4.69, 9.17) is 4.74 Å². The summed E-state index contributed by atoms with van der Waals surface area (Å²) in [7, 11) is 0. The summed E-state index contributed by atoms with van der Waals surface area (Å²) in [4.78, 5) is 37.8. The highest BCUT2D eigenvalue weighted by Gasteiger charge is 2.36. The number of benzene rings is 1. The van der Waals surface area contributed by atoms with Crippen LogP contribution in [0.3, 0.4) is 0 Å². The molecule has 4 rings (SSSR count). The molecule has 8 nitrogen and oxygen atoms in total. The second kappa shape index (κ2) is 8.39. The number of amides is 1. The van der Waals surface area contributed by atoms with E-state index in [-0.39, 0.29) is 35.8 Å². The van der Waals surface area contributed by atoms with Gasteiger partial charge in [0.15, 0.2) is 6.61 Å². The molecular formula is C21H27N3O5. The average molecular weight is 401 g/mol. The molecule has 0 radical (unpaired) electrons. The fraction of sp³-hybridized carbons (Fsp3) is 0.619. The van der Waals surface area contributed by atoms with Crippen molar-refractivity contribution in [1.29, 1.82) is 0 Å². The first-order chi connectivity index (χ1) is 14.0. The normalized spacial score (nSPS) is 23.8. The second-order valence-corrected chi connectivity index (χ2v) is 8.33. The molecule has 1 aromatic rings. The largest absolute Gasteiger partial charge is 0.452 e. The van der Waals surface area contributed by atoms with E-state index >= 15 is 0 Å². The van der Waals surface area contributed by atoms with E-state index in [1.54, 1.807) is 0 Å². The molecule has 0 spiro atoms. The minimum absolute atomic E-state index is 0.0834. The fourth-order valence-electron chi connectivity index (χ4n) is 4.61. The van der Waals surface area contributed by atoms with Gasteiger partial charge >= 0.3 is 5.97 Å². The van der Waals surface area contributed by atoms with Crippen molar-refractivity contribution < 1.29 is 19.2 Å². The number of rotatable bonds is 6. The van der Waals surface area contributed by atoms with Gasteiger partial charge in [0.2, 0.25) is 0 Å². The van der Waals surface area contributed by atoms with E-state index in [0.717, 1.165) is 32.1 Å². The highest BCUT2D eigenvalue weighted by atomic mass is 16.6. The number of hydrogen-bond acceptors (Lipinski definition) is 6. The van der Waals surface area contributed by atoms with Gasteiger partial charge < -0.3 is 15.0 Å². The molecule has 29 heavy (non-hydrogen) atoms. The molecule has 1 saturated heterocycles. The third-order valence-electron chi connectivity index (χ3n) is 6.26. The first-order valence-electron chi connectivity index (χ1n) is 10.5. The van der Waals surface area contributed by atoms with E-state index < -0.39 is 10.9 Å². The smallest absolute Gasteiger partial charge is 0.338 e. The van der Waals surface area contributed by atoms with Gasteiger partial charge in [-0.05, 0) is 56.6 Å². The molecule has 1 amide bonds. The fourth-order valence-corrected chi connectivity index (χ4v) is 4.61. The van der Waals surface area contributed by atoms with Crippen LogP contribution in [0.5, 0.6) is 0 Å². The molecule has 8 heteroatoms. The Morgan fingerprint density at radius 3 is 2.66 bits per heavy atom. The summed E-state index contributed by atoms with van der Waals surface area (Å²) in [6.07, 6.45) is 8.67. The number of esters is 1. The lowest BCUT2D eigenvalue weighted by Crippen LogP contribution is -2.50. The van der Waals surface area contributed by atoms with E-state index in [0.29, 0.717) is 18.2 Å². The third kappa shape index (κ3) is 4.52. The van der Waals surface area contributed by atoms with Crippen molar-refractivity contribution in [1.82, 2.24) is 4.90 Å². The minimum atomic E-state index is -0.711. The molecule has 1 aliphatic heterocycles. The van der Waals surface area contributed by atoms with Crippen molar-refractivity contribution in [2.45, 2.75) is 63.5 Å². The van der Waals surface area contributed by atoms with Gasteiger partial charge in [-0.2, -0.15) is 0 Å². The number of likely N-dealkylation sites (tertiary alicyclic amines) is 1. The molecule has 2 saturated carbocycles. The lowest BCUT2D eigenvalue weighted by atomic mass is 9.78. The van der Waals surface area contributed by atoms with Crippen LogP contribution < -0.4 is 5.32 Å². The van der Waals surface area contributed by atoms with Crippen LogP contribution in [0.25, 0.3) is 0 Å². The monoisotopic (exact) mass is 401 g/mol. The number of piperidine rings is 1. The number of carbonyl (C=O) groups is 2. The Morgan fingerprint density at radius 1 is 1.14 bits per heavy atom. The zero-order valence-corrected chi connectivity index (χ0v) is 16.5. The summed E-state index contributed by atoms with van der Waals surface area (Å²) < 4.78 is 5.22. The Labute approximate surface area is 169 Å². The Morgan fingerprint density at radius 2 is 1.90 bits per heavy atom. The third-order valence-corrected chi connectivity index (χ3v) is 6.26. The molecule has 156 valence electrons. The Hall–Kier alpha value is -2.64. The van der Waals surface area contributed by atoms with Crippen LogP contribution in [-0.2, 0) is 9.53 Å². The van der Waals surface area contributed by atoms with Gasteiger partial charge in [0.1, 0.15) is 5.69 Å². The van der Waals surface area contributed by atoms with Gasteiger partial charge in [-0.3, -0.25) is 14.9 Å². The molecule has 0 aromatic heterocycles. The summed E-state index contributed by atoms with van der Waals surface area (Å²) in [6, 6.07) is 4.78. The molecule has 3 aliphatic rings. The first kappa shape index (κ1) is 19.7. The van der Waals surface area contributed by atoms with E-state index in [9.17, 15) is 19.7 Å². The number of nitro benzene ring substituents is 1. The maximum Gasteiger partial charge on any atom is 0.338 e. The number of hydrogen-bond donors (Lipinski definition) is 1. The minimum Gasteiger partial charge on any atom is -0.452 e. The number of ether oxygens (including phenoxy) is 1. The SMILES string of the molecule is O=C(OCC(=O)N1CCC[C@@H]2CCCC[C@@H]21)c1ccc(NC2CC2)c([N+](=O)[O-])c1. The molecule has 1 N–H and O–H groups in total. The summed E-state index contributed by atoms with van der Waals surface area (Å²) in [5.74, 6) is -0.320. The lowest BCUT2D eigenvalue weighted by Gasteiger charge is -2.44. The van der Waals surface area contributed by atoms with Crippen molar-refractivity contribution in [2.24, 2.45) is 5.92 Å². The van der Waals surface area contributed by atoms with Gasteiger partial charge in [0.25, 0.3) is 11.6 Å². The van der Waals surface area contributed by atoms with E-state index in [1.807, 2.05) is 4.90 Å². The van der Waals surface area contributed by atoms with Crippen LogP contribution in [0, 0.1) is 16.0 Å². The van der Waals surface area contributed by atoms with Crippen molar-refractivity contribution in [3.05, 3.63) is 33.9 Å². The van der Waals surface area contributed by atoms with Crippen molar-refractivity contribution >= 4 is 23.3 Å². The van der Waals surface area contributed by atoms with Gasteiger partial charge in [0.05, 0.1) is 10.5 Å². The Bertz CT molecular complexity index is 806. The standard InChI is InChI=1S/C21H27N3O5/c25-20(23-11-3-5-14-4-1-2-6-18(14)23)13-29-21(26)15-7-10-17(22-16-8-9-16)19(12-15)24(27)28/h7,10,12,14,16,18,22H,1-6,8-9,11,13H2/t14-,18-/m0/s1. The highest BCUT2D eigenvalue weighted by molar-refractivity contribution is 5.93. The van der Waals surface area contributed by atoms with Gasteiger partial charge in [-0.15, -0.1) is 0 Å². The molecular weight excluding hydrogens is 374 g/mol. The number of nitrogens with one attached hydrogen (secondary N) is 1. The van der Waals surface area contributed by atoms with E-state index in [2.05, 4.69) is 5.32 Å². The zero-order valence-electron chi connectivity index (χ0n) is 16.5. The maximum atomic E-state index is 12.7. The average Bonchev–Trinajstić information content (AvgIpc) is 3.55. The molecule has 0 unspecified atom stereocenters. The summed E-state index contributed by atoms with van der Waals surface area (Å²) in [5.41, 5.74) is 0.334. The number of nitro groups is 1. The number of fused-ring (bicyclic) bond motifs is 1. The first-order valence-corrected chi connectivity index (χ1v) is 10.5. The summed E-state index contributed by atoms with van der Waals surface area (Å²) in [5, 5.41) is 14.5. The van der Waals surface area contributed by atoms with Crippen LogP contribution in [-0.4, -0.2) is 46.9 Å². The zero-order chi connectivity index (χ0) is 20.4. The van der Waals surface area contributed by atoms with Gasteiger partial charge in [-0.1, -0.05) is 12.8 Å². The van der Waals surface area contributed by atoms with Crippen molar-refractivity contribution in [3.63, 3.8) is 0 Å². The van der Waals surface area contributed by atoms with Crippen molar-refractivity contribution in [2.75, 3.05) is 18.5 Å². The maximum absolute atomic E-state index is 12.7. The molecule has 1 aromatic carbocycles. The molecule has 2 atom stereocenters. The predicted octanol–water partition coefficient (Wildman–Crippen LogP) is 3.51. The van der Waals surface area contributed by atoms with Crippen LogP contribution >= 0.6 is 0 Å². The lowest BCUT2D eigenvalue weighted by molar-refractivity contribution is -0.384. The Kier molecular flexibility index (Phi) is 5.69. The molecule has 1 heterocycles. The molecule has 0 bridgehead atoms. The second-order valence-electron chi connectivity index (χ2n) is 8.33. The molecule has 2 aliphatic carbocycles. The van der Waals surface area contributed by atoms with Crippen LogP contribution in [0.15, 0.2) is 18.2 Å². The van der Waals surface area contributed by atoms with Gasteiger partial charge in [0, 0.05) is 24.7 Å². The predicted molar refractivity (Wildman–Crippen MR) is 107 cm³/mol. The van der Waals surface area contributed by atoms with Crippen LogP contribution in [0.4, 0.5) is 11.4 Å². The number of nitrogens with zero attached hydrogens (tertiary/aromatic N) is 2.